The van der Waals surface area contributed by atoms with Gasteiger partial charge in [-0.2, -0.15) is 5.10 Å². The number of nitrogens with zero attached hydrogens (tertiary/aromatic N) is 3. The van der Waals surface area contributed by atoms with Crippen LogP contribution in [0.2, 0.25) is 5.02 Å². The Balaban J connectivity index is 2.06. The van der Waals surface area contributed by atoms with Gasteiger partial charge in [0.05, 0.1) is 11.1 Å². The Morgan fingerprint density at radius 3 is 2.89 bits per heavy atom. The molecule has 0 aliphatic rings. The van der Waals surface area contributed by atoms with Gasteiger partial charge >= 0.3 is 0 Å². The summed E-state index contributed by atoms with van der Waals surface area (Å²) in [7, 11) is 1.84. The van der Waals surface area contributed by atoms with Crippen molar-refractivity contribution in [2.24, 2.45) is 7.05 Å². The Hall–Kier alpha value is -2.08. The lowest BCUT2D eigenvalue weighted by Gasteiger charge is -2.05. The standard InChI is InChI=1S/C11H11ClN4O2/c1-15-7-8(6-14-15)5-13-9-2-3-11(16(17)18)10(12)4-9/h2-4,6-7,13H,5H2,1H3. The van der Waals surface area contributed by atoms with Crippen molar-refractivity contribution in [3.63, 3.8) is 0 Å². The van der Waals surface area contributed by atoms with Gasteiger partial charge in [-0.05, 0) is 12.1 Å². The third-order valence-corrected chi connectivity index (χ3v) is 2.70. The first-order chi connectivity index (χ1) is 8.56. The van der Waals surface area contributed by atoms with Crippen LogP contribution in [0.3, 0.4) is 0 Å². The van der Waals surface area contributed by atoms with E-state index in [0.717, 1.165) is 11.3 Å². The first-order valence-electron chi connectivity index (χ1n) is 5.21. The molecule has 2 aromatic rings. The molecular weight excluding hydrogens is 256 g/mol. The van der Waals surface area contributed by atoms with Crippen LogP contribution in [-0.4, -0.2) is 14.7 Å². The van der Waals surface area contributed by atoms with Gasteiger partial charge in [0, 0.05) is 37.1 Å². The summed E-state index contributed by atoms with van der Waals surface area (Å²) >= 11 is 5.81. The zero-order valence-corrected chi connectivity index (χ0v) is 10.4. The molecule has 0 fully saturated rings. The van der Waals surface area contributed by atoms with Gasteiger partial charge in [-0.25, -0.2) is 0 Å². The SMILES string of the molecule is Cn1cc(CNc2ccc([N+](=O)[O-])c(Cl)c2)cn1. The summed E-state index contributed by atoms with van der Waals surface area (Å²) in [6.45, 7) is 0.585. The third kappa shape index (κ3) is 2.78. The molecule has 7 heteroatoms. The molecule has 0 bridgehead atoms. The quantitative estimate of drug-likeness (QED) is 0.682. The van der Waals surface area contributed by atoms with Crippen LogP contribution in [0.4, 0.5) is 11.4 Å². The number of rotatable bonds is 4. The van der Waals surface area contributed by atoms with Gasteiger partial charge in [0.1, 0.15) is 5.02 Å². The molecule has 18 heavy (non-hydrogen) atoms. The first kappa shape index (κ1) is 12.4. The largest absolute Gasteiger partial charge is 0.381 e. The summed E-state index contributed by atoms with van der Waals surface area (Å²) in [6, 6.07) is 4.55. The number of nitro benzene ring substituents is 1. The number of benzene rings is 1. The Labute approximate surface area is 108 Å². The van der Waals surface area contributed by atoms with Crippen molar-refractivity contribution in [3.8, 4) is 0 Å². The molecule has 0 unspecified atom stereocenters. The average Bonchev–Trinajstić information content (AvgIpc) is 2.72. The van der Waals surface area contributed by atoms with Crippen LogP contribution in [-0.2, 0) is 13.6 Å². The molecule has 0 atom stereocenters. The van der Waals surface area contributed by atoms with Gasteiger partial charge in [0.15, 0.2) is 0 Å². The molecule has 0 spiro atoms. The molecule has 0 saturated carbocycles. The number of nitrogens with one attached hydrogen (secondary N) is 1. The van der Waals surface area contributed by atoms with E-state index < -0.39 is 4.92 Å². The van der Waals surface area contributed by atoms with Crippen LogP contribution in [0.15, 0.2) is 30.6 Å². The highest BCUT2D eigenvalue weighted by Crippen LogP contribution is 2.27. The van der Waals surface area contributed by atoms with Gasteiger partial charge in [0.25, 0.3) is 5.69 Å². The number of aromatic nitrogens is 2. The summed E-state index contributed by atoms with van der Waals surface area (Å²) in [5.41, 5.74) is 1.66. The normalized spacial score (nSPS) is 10.3. The second-order valence-corrected chi connectivity index (χ2v) is 4.21. The van der Waals surface area contributed by atoms with E-state index >= 15 is 0 Å². The maximum absolute atomic E-state index is 10.6. The second kappa shape index (κ2) is 5.05. The van der Waals surface area contributed by atoms with Crippen molar-refractivity contribution in [1.29, 1.82) is 0 Å². The molecule has 6 nitrogen and oxygen atoms in total. The molecule has 1 N–H and O–H groups in total. The summed E-state index contributed by atoms with van der Waals surface area (Å²) in [5, 5.41) is 17.9. The lowest BCUT2D eigenvalue weighted by molar-refractivity contribution is -0.384. The molecule has 0 radical (unpaired) electrons. The Morgan fingerprint density at radius 2 is 2.33 bits per heavy atom. The average molecular weight is 267 g/mol. The van der Waals surface area contributed by atoms with Crippen molar-refractivity contribution < 1.29 is 4.92 Å². The molecule has 0 saturated heterocycles. The molecule has 0 amide bonds. The van der Waals surface area contributed by atoms with Crippen LogP contribution >= 0.6 is 11.6 Å². The number of anilines is 1. The van der Waals surface area contributed by atoms with E-state index in [2.05, 4.69) is 10.4 Å². The lowest BCUT2D eigenvalue weighted by atomic mass is 10.2. The van der Waals surface area contributed by atoms with Crippen LogP contribution in [0.5, 0.6) is 0 Å². The Kier molecular flexibility index (Phi) is 3.47. The maximum Gasteiger partial charge on any atom is 0.288 e. The van der Waals surface area contributed by atoms with E-state index in [1.165, 1.54) is 12.1 Å². The van der Waals surface area contributed by atoms with Crippen molar-refractivity contribution >= 4 is 23.0 Å². The second-order valence-electron chi connectivity index (χ2n) is 3.80. The highest BCUT2D eigenvalue weighted by molar-refractivity contribution is 6.32. The fraction of sp³-hybridized carbons (Fsp3) is 0.182. The molecular formula is C11H11ClN4O2. The fourth-order valence-corrected chi connectivity index (χ4v) is 1.78. The number of hydrogen-bond donors (Lipinski definition) is 1. The minimum absolute atomic E-state index is 0.0939. The topological polar surface area (TPSA) is 73.0 Å². The van der Waals surface area contributed by atoms with E-state index in [0.29, 0.717) is 6.54 Å². The van der Waals surface area contributed by atoms with E-state index in [4.69, 9.17) is 11.6 Å². The summed E-state index contributed by atoms with van der Waals surface area (Å²) in [4.78, 5) is 10.1. The molecule has 0 aliphatic heterocycles. The summed E-state index contributed by atoms with van der Waals surface area (Å²) < 4.78 is 1.71. The van der Waals surface area contributed by atoms with Crippen molar-refractivity contribution in [2.75, 3.05) is 5.32 Å². The van der Waals surface area contributed by atoms with Gasteiger partial charge in [-0.1, -0.05) is 11.6 Å². The highest BCUT2D eigenvalue weighted by Gasteiger charge is 2.11. The number of hydrogen-bond acceptors (Lipinski definition) is 4. The van der Waals surface area contributed by atoms with E-state index in [-0.39, 0.29) is 10.7 Å². The summed E-state index contributed by atoms with van der Waals surface area (Å²) in [5.74, 6) is 0. The van der Waals surface area contributed by atoms with E-state index in [9.17, 15) is 10.1 Å². The van der Waals surface area contributed by atoms with Crippen molar-refractivity contribution in [3.05, 3.63) is 51.3 Å². The zero-order chi connectivity index (χ0) is 13.1. The van der Waals surface area contributed by atoms with Gasteiger partial charge in [0.2, 0.25) is 0 Å². The zero-order valence-electron chi connectivity index (χ0n) is 9.63. The lowest BCUT2D eigenvalue weighted by Crippen LogP contribution is -1.99. The molecule has 0 aliphatic carbocycles. The summed E-state index contributed by atoms with van der Waals surface area (Å²) in [6.07, 6.45) is 3.64. The maximum atomic E-state index is 10.6. The Morgan fingerprint density at radius 1 is 1.56 bits per heavy atom. The predicted molar refractivity (Wildman–Crippen MR) is 68.6 cm³/mol. The number of nitro groups is 1. The van der Waals surface area contributed by atoms with Gasteiger partial charge in [-0.15, -0.1) is 0 Å². The van der Waals surface area contributed by atoms with E-state index in [1.54, 1.807) is 16.9 Å². The van der Waals surface area contributed by atoms with Crippen LogP contribution in [0, 0.1) is 10.1 Å². The minimum Gasteiger partial charge on any atom is -0.381 e. The number of aryl methyl sites for hydroxylation is 1. The van der Waals surface area contributed by atoms with Crippen molar-refractivity contribution in [2.45, 2.75) is 6.54 Å². The molecule has 1 aromatic carbocycles. The smallest absolute Gasteiger partial charge is 0.288 e. The van der Waals surface area contributed by atoms with Gasteiger partial charge < -0.3 is 5.32 Å². The monoisotopic (exact) mass is 266 g/mol. The molecule has 1 heterocycles. The molecule has 94 valence electrons. The molecule has 2 rings (SSSR count). The predicted octanol–water partition coefficient (Wildman–Crippen LogP) is 2.59. The Bertz CT molecular complexity index is 582. The molecule has 1 aromatic heterocycles. The van der Waals surface area contributed by atoms with Crippen LogP contribution < -0.4 is 5.32 Å². The first-order valence-corrected chi connectivity index (χ1v) is 5.59. The van der Waals surface area contributed by atoms with E-state index in [1.807, 2.05) is 13.2 Å². The fourth-order valence-electron chi connectivity index (χ4n) is 1.53. The third-order valence-electron chi connectivity index (χ3n) is 2.40. The minimum atomic E-state index is -0.507. The van der Waals surface area contributed by atoms with Crippen LogP contribution in [0.25, 0.3) is 0 Å². The number of halogens is 1. The van der Waals surface area contributed by atoms with Gasteiger partial charge in [-0.3, -0.25) is 14.8 Å². The van der Waals surface area contributed by atoms with Crippen LogP contribution in [0.1, 0.15) is 5.56 Å². The highest BCUT2D eigenvalue weighted by atomic mass is 35.5. The van der Waals surface area contributed by atoms with Crippen molar-refractivity contribution in [1.82, 2.24) is 9.78 Å².